The van der Waals surface area contributed by atoms with Crippen LogP contribution in [0.1, 0.15) is 41.0 Å². The standard InChI is InChI=1S/C34H32F4N6O6/c1-17-8-19-9-20(10-23(25(19)40-12-17)42-30(47)44-31(2)14-49-15-31)28(45)41-13-33(48,34(36,37)38)24-11-22-27(50-16-32(22,3)29(39)46)26(43-24)18-4-6-21(35)7-5-18/h4-12,48H,13-16H2,1-3H3,(H2,39,46)(H,41,45)(H2,42,44,47)/t32-,33?/m0/s1. The zero-order valence-corrected chi connectivity index (χ0v) is 27.0. The molecule has 1 unspecified atom stereocenters. The summed E-state index contributed by atoms with van der Waals surface area (Å²) in [4.78, 5) is 47.3. The van der Waals surface area contributed by atoms with Gasteiger partial charge in [-0.3, -0.25) is 14.6 Å². The van der Waals surface area contributed by atoms with E-state index in [2.05, 4.69) is 25.9 Å². The molecule has 6 N–H and O–H groups in total. The van der Waals surface area contributed by atoms with Gasteiger partial charge in [0, 0.05) is 28.3 Å². The van der Waals surface area contributed by atoms with Crippen molar-refractivity contribution in [3.8, 4) is 17.0 Å². The molecule has 4 aromatic rings. The summed E-state index contributed by atoms with van der Waals surface area (Å²) in [5.74, 6) is -2.61. The van der Waals surface area contributed by atoms with Crippen molar-refractivity contribution in [2.75, 3.05) is 31.7 Å². The first-order valence-electron chi connectivity index (χ1n) is 15.3. The van der Waals surface area contributed by atoms with Crippen molar-refractivity contribution in [3.63, 3.8) is 0 Å². The molecule has 2 aromatic heterocycles. The maximum absolute atomic E-state index is 14.9. The second-order valence-electron chi connectivity index (χ2n) is 13.0. The number of carbonyl (C=O) groups is 3. The zero-order valence-electron chi connectivity index (χ0n) is 27.0. The number of benzene rings is 2. The van der Waals surface area contributed by atoms with Crippen molar-refractivity contribution in [3.05, 3.63) is 82.9 Å². The second-order valence-corrected chi connectivity index (χ2v) is 13.0. The predicted octanol–water partition coefficient (Wildman–Crippen LogP) is 3.97. The third-order valence-corrected chi connectivity index (χ3v) is 8.82. The number of carbonyl (C=O) groups excluding carboxylic acids is 3. The lowest BCUT2D eigenvalue weighted by atomic mass is 9.81. The number of nitrogens with one attached hydrogen (secondary N) is 3. The molecule has 2 aliphatic heterocycles. The van der Waals surface area contributed by atoms with Gasteiger partial charge in [-0.05, 0) is 74.9 Å². The second kappa shape index (κ2) is 12.2. The molecule has 1 saturated heterocycles. The van der Waals surface area contributed by atoms with Gasteiger partial charge >= 0.3 is 12.2 Å². The van der Waals surface area contributed by atoms with Crippen molar-refractivity contribution >= 4 is 34.4 Å². The molecule has 4 heterocycles. The minimum absolute atomic E-state index is 0.0572. The number of hydrogen-bond acceptors (Lipinski definition) is 8. The summed E-state index contributed by atoms with van der Waals surface area (Å²) in [5, 5.41) is 19.4. The molecule has 4 amide bonds. The Morgan fingerprint density at radius 3 is 2.36 bits per heavy atom. The number of nitrogens with two attached hydrogens (primary N) is 1. The Kier molecular flexibility index (Phi) is 8.43. The van der Waals surface area contributed by atoms with Gasteiger partial charge in [0.2, 0.25) is 11.5 Å². The fraction of sp³-hybridized carbons (Fsp3) is 0.324. The third kappa shape index (κ3) is 6.15. The van der Waals surface area contributed by atoms with E-state index < -0.39 is 58.6 Å². The SMILES string of the molecule is Cc1cnc2c(NC(=O)NC3(C)COC3)cc(C(=O)NCC(O)(c3cc4c(c(-c5ccc(F)cc5)n3)OC[C@]4(C)C(N)=O)C(F)(F)F)cc2c1. The number of rotatable bonds is 8. The quantitative estimate of drug-likeness (QED) is 0.172. The number of fused-ring (bicyclic) bond motifs is 2. The van der Waals surface area contributed by atoms with Gasteiger partial charge in [0.1, 0.15) is 29.3 Å². The van der Waals surface area contributed by atoms with Gasteiger partial charge in [-0.15, -0.1) is 0 Å². The smallest absolute Gasteiger partial charge is 0.424 e. The van der Waals surface area contributed by atoms with Crippen LogP contribution in [0, 0.1) is 12.7 Å². The molecule has 0 spiro atoms. The molecular weight excluding hydrogens is 664 g/mol. The van der Waals surface area contributed by atoms with Crippen LogP contribution in [-0.4, -0.2) is 71.0 Å². The first-order valence-corrected chi connectivity index (χ1v) is 15.3. The van der Waals surface area contributed by atoms with Gasteiger partial charge in [-0.25, -0.2) is 14.2 Å². The first kappa shape index (κ1) is 34.5. The van der Waals surface area contributed by atoms with Crippen molar-refractivity contribution in [2.24, 2.45) is 5.73 Å². The topological polar surface area (TPSA) is 178 Å². The number of hydrogen-bond donors (Lipinski definition) is 5. The number of aliphatic hydroxyl groups is 1. The molecule has 6 rings (SSSR count). The molecule has 2 aliphatic rings. The largest absolute Gasteiger partial charge is 0.489 e. The first-order chi connectivity index (χ1) is 23.4. The molecule has 16 heteroatoms. The fourth-order valence-corrected chi connectivity index (χ4v) is 5.74. The molecule has 2 aromatic carbocycles. The predicted molar refractivity (Wildman–Crippen MR) is 172 cm³/mol. The van der Waals surface area contributed by atoms with Crippen LogP contribution < -0.4 is 26.4 Å². The molecule has 262 valence electrons. The van der Waals surface area contributed by atoms with E-state index in [1.54, 1.807) is 26.1 Å². The van der Waals surface area contributed by atoms with E-state index in [1.165, 1.54) is 31.2 Å². The van der Waals surface area contributed by atoms with Crippen molar-refractivity contribution in [1.29, 1.82) is 0 Å². The molecule has 0 bridgehead atoms. The Morgan fingerprint density at radius 1 is 1.04 bits per heavy atom. The summed E-state index contributed by atoms with van der Waals surface area (Å²) in [5.41, 5.74) is -0.507. The van der Waals surface area contributed by atoms with Crippen LogP contribution in [-0.2, 0) is 20.5 Å². The van der Waals surface area contributed by atoms with E-state index in [9.17, 15) is 37.1 Å². The van der Waals surface area contributed by atoms with E-state index in [-0.39, 0.29) is 40.4 Å². The highest BCUT2D eigenvalue weighted by Crippen LogP contribution is 2.47. The van der Waals surface area contributed by atoms with E-state index in [0.717, 1.165) is 18.2 Å². The van der Waals surface area contributed by atoms with E-state index in [1.807, 2.05) is 0 Å². The summed E-state index contributed by atoms with van der Waals surface area (Å²) < 4.78 is 69.2. The number of pyridine rings is 2. The Morgan fingerprint density at radius 2 is 1.74 bits per heavy atom. The Balaban J connectivity index is 1.37. The third-order valence-electron chi connectivity index (χ3n) is 8.82. The van der Waals surface area contributed by atoms with Crippen LogP contribution in [0.25, 0.3) is 22.2 Å². The molecule has 0 aliphatic carbocycles. The zero-order chi connectivity index (χ0) is 36.2. The molecular formula is C34H32F4N6O6. The number of aromatic nitrogens is 2. The fourth-order valence-electron chi connectivity index (χ4n) is 5.74. The van der Waals surface area contributed by atoms with Gasteiger partial charge in [0.25, 0.3) is 5.91 Å². The number of nitrogens with zero attached hydrogens (tertiary/aromatic N) is 2. The van der Waals surface area contributed by atoms with Crippen LogP contribution in [0.2, 0.25) is 0 Å². The van der Waals surface area contributed by atoms with Crippen LogP contribution in [0.4, 0.5) is 28.0 Å². The summed E-state index contributed by atoms with van der Waals surface area (Å²) in [6, 6.07) is 9.20. The maximum Gasteiger partial charge on any atom is 0.424 e. The van der Waals surface area contributed by atoms with E-state index in [4.69, 9.17) is 15.2 Å². The Hall–Kier alpha value is -5.35. The lowest BCUT2D eigenvalue weighted by Crippen LogP contribution is -2.60. The number of primary amides is 1. The van der Waals surface area contributed by atoms with Crippen molar-refractivity contribution < 1.29 is 46.5 Å². The van der Waals surface area contributed by atoms with Crippen LogP contribution >= 0.6 is 0 Å². The number of urea groups is 1. The summed E-state index contributed by atoms with van der Waals surface area (Å²) in [7, 11) is 0. The van der Waals surface area contributed by atoms with Gasteiger partial charge in [-0.2, -0.15) is 13.2 Å². The number of halogens is 4. The summed E-state index contributed by atoms with van der Waals surface area (Å²) >= 11 is 0. The summed E-state index contributed by atoms with van der Waals surface area (Å²) in [6.45, 7) is 3.75. The minimum atomic E-state index is -5.42. The highest BCUT2D eigenvalue weighted by molar-refractivity contribution is 6.06. The lowest BCUT2D eigenvalue weighted by molar-refractivity contribution is -0.265. The molecule has 2 atom stereocenters. The average Bonchev–Trinajstić information content (AvgIpc) is 3.39. The van der Waals surface area contributed by atoms with E-state index >= 15 is 0 Å². The Labute approximate surface area is 282 Å². The number of aryl methyl sites for hydroxylation is 1. The van der Waals surface area contributed by atoms with Crippen LogP contribution in [0.3, 0.4) is 0 Å². The number of amides is 4. The molecule has 50 heavy (non-hydrogen) atoms. The van der Waals surface area contributed by atoms with E-state index in [0.29, 0.717) is 29.7 Å². The van der Waals surface area contributed by atoms with Gasteiger partial charge in [0.05, 0.1) is 42.2 Å². The monoisotopic (exact) mass is 696 g/mol. The van der Waals surface area contributed by atoms with Crippen molar-refractivity contribution in [1.82, 2.24) is 20.6 Å². The number of alkyl halides is 3. The van der Waals surface area contributed by atoms with Crippen LogP contribution in [0.5, 0.6) is 5.75 Å². The lowest BCUT2D eigenvalue weighted by Gasteiger charge is -2.38. The maximum atomic E-state index is 14.9. The van der Waals surface area contributed by atoms with Gasteiger partial charge in [0.15, 0.2) is 0 Å². The number of ether oxygens (including phenoxy) is 2. The highest BCUT2D eigenvalue weighted by Gasteiger charge is 2.57. The Bertz CT molecular complexity index is 2040. The molecule has 12 nitrogen and oxygen atoms in total. The average molecular weight is 697 g/mol. The summed E-state index contributed by atoms with van der Waals surface area (Å²) in [6.07, 6.45) is -3.87. The molecule has 0 saturated carbocycles. The van der Waals surface area contributed by atoms with Crippen molar-refractivity contribution in [2.45, 2.75) is 43.5 Å². The molecule has 0 radical (unpaired) electrons. The molecule has 1 fully saturated rings. The van der Waals surface area contributed by atoms with Crippen LogP contribution in [0.15, 0.2) is 54.7 Å². The number of anilines is 1. The minimum Gasteiger partial charge on any atom is -0.489 e. The highest BCUT2D eigenvalue weighted by atomic mass is 19.4. The van der Waals surface area contributed by atoms with Gasteiger partial charge < -0.3 is 36.3 Å². The normalized spacial score (nSPS) is 19.0. The van der Waals surface area contributed by atoms with Gasteiger partial charge in [-0.1, -0.05) is 0 Å².